The molecule has 0 aromatic heterocycles. The molecule has 0 fully saturated rings. The molecule has 0 saturated heterocycles. The maximum Gasteiger partial charge on any atom is 0.243 e. The van der Waals surface area contributed by atoms with Gasteiger partial charge < -0.3 is 10.1 Å². The SMILES string of the molecule is CCOCCCNC(=O)[C@H](C)N(c1cc(C)ccc1C)S(C)(=O)=O. The van der Waals surface area contributed by atoms with Crippen molar-refractivity contribution in [3.63, 3.8) is 0 Å². The number of ether oxygens (including phenoxy) is 1. The summed E-state index contributed by atoms with van der Waals surface area (Å²) in [5.41, 5.74) is 2.28. The van der Waals surface area contributed by atoms with Crippen molar-refractivity contribution in [2.45, 2.75) is 40.2 Å². The van der Waals surface area contributed by atoms with E-state index in [0.717, 1.165) is 17.4 Å². The molecule has 1 aromatic rings. The van der Waals surface area contributed by atoms with Crippen molar-refractivity contribution in [2.75, 3.05) is 30.3 Å². The first-order valence-corrected chi connectivity index (χ1v) is 9.95. The number of sulfonamides is 1. The molecule has 0 spiro atoms. The number of hydrogen-bond acceptors (Lipinski definition) is 4. The molecule has 0 aliphatic carbocycles. The number of amides is 1. The molecule has 136 valence electrons. The number of nitrogens with zero attached hydrogens (tertiary/aromatic N) is 1. The number of carbonyl (C=O) groups excluding carboxylic acids is 1. The summed E-state index contributed by atoms with van der Waals surface area (Å²) in [4.78, 5) is 12.4. The number of nitrogens with one attached hydrogen (secondary N) is 1. The highest BCUT2D eigenvalue weighted by molar-refractivity contribution is 7.92. The summed E-state index contributed by atoms with van der Waals surface area (Å²) in [5.74, 6) is -0.321. The average molecular weight is 356 g/mol. The van der Waals surface area contributed by atoms with Gasteiger partial charge in [0.25, 0.3) is 0 Å². The fourth-order valence-corrected chi connectivity index (χ4v) is 3.64. The van der Waals surface area contributed by atoms with Crippen molar-refractivity contribution >= 4 is 21.6 Å². The van der Waals surface area contributed by atoms with E-state index in [4.69, 9.17) is 4.74 Å². The molecule has 7 heteroatoms. The van der Waals surface area contributed by atoms with Crippen LogP contribution >= 0.6 is 0 Å². The van der Waals surface area contributed by atoms with Gasteiger partial charge in [-0.15, -0.1) is 0 Å². The highest BCUT2D eigenvalue weighted by Gasteiger charge is 2.29. The minimum atomic E-state index is -3.59. The molecule has 6 nitrogen and oxygen atoms in total. The van der Waals surface area contributed by atoms with Crippen LogP contribution in [0.4, 0.5) is 5.69 Å². The van der Waals surface area contributed by atoms with Crippen LogP contribution in [0.15, 0.2) is 18.2 Å². The van der Waals surface area contributed by atoms with Gasteiger partial charge in [-0.3, -0.25) is 9.10 Å². The van der Waals surface area contributed by atoms with E-state index in [-0.39, 0.29) is 5.91 Å². The van der Waals surface area contributed by atoms with Gasteiger partial charge in [0.15, 0.2) is 0 Å². The highest BCUT2D eigenvalue weighted by Crippen LogP contribution is 2.26. The minimum absolute atomic E-state index is 0.321. The van der Waals surface area contributed by atoms with Crippen LogP contribution in [0, 0.1) is 13.8 Å². The molecule has 0 aliphatic rings. The molecular formula is C17H28N2O4S. The molecule has 1 N–H and O–H groups in total. The molecule has 0 heterocycles. The van der Waals surface area contributed by atoms with Crippen LogP contribution < -0.4 is 9.62 Å². The van der Waals surface area contributed by atoms with E-state index < -0.39 is 16.1 Å². The van der Waals surface area contributed by atoms with Gasteiger partial charge in [-0.05, 0) is 51.3 Å². The van der Waals surface area contributed by atoms with Gasteiger partial charge in [-0.2, -0.15) is 0 Å². The second kappa shape index (κ2) is 9.03. The lowest BCUT2D eigenvalue weighted by atomic mass is 10.1. The van der Waals surface area contributed by atoms with Crippen LogP contribution in [0.1, 0.15) is 31.4 Å². The zero-order valence-electron chi connectivity index (χ0n) is 15.1. The molecule has 1 atom stereocenters. The summed E-state index contributed by atoms with van der Waals surface area (Å²) in [7, 11) is -3.59. The Hall–Kier alpha value is -1.60. The van der Waals surface area contributed by atoms with Crippen LogP contribution in [0.3, 0.4) is 0 Å². The lowest BCUT2D eigenvalue weighted by Gasteiger charge is -2.29. The number of hydrogen-bond donors (Lipinski definition) is 1. The first-order valence-electron chi connectivity index (χ1n) is 8.10. The molecule has 1 rings (SSSR count). The van der Waals surface area contributed by atoms with Crippen LogP contribution in [-0.2, 0) is 19.6 Å². The van der Waals surface area contributed by atoms with Crippen molar-refractivity contribution in [1.82, 2.24) is 5.32 Å². The number of rotatable bonds is 9. The Morgan fingerprint density at radius 2 is 2.00 bits per heavy atom. The Morgan fingerprint density at radius 3 is 2.58 bits per heavy atom. The van der Waals surface area contributed by atoms with Crippen molar-refractivity contribution in [2.24, 2.45) is 0 Å². The van der Waals surface area contributed by atoms with E-state index >= 15 is 0 Å². The van der Waals surface area contributed by atoms with Gasteiger partial charge in [0.1, 0.15) is 6.04 Å². The molecule has 0 unspecified atom stereocenters. The minimum Gasteiger partial charge on any atom is -0.382 e. The van der Waals surface area contributed by atoms with Gasteiger partial charge in [-0.1, -0.05) is 12.1 Å². The summed E-state index contributed by atoms with van der Waals surface area (Å²) in [6, 6.07) is 4.73. The van der Waals surface area contributed by atoms with E-state index in [2.05, 4.69) is 5.32 Å². The lowest BCUT2D eigenvalue weighted by Crippen LogP contribution is -2.48. The van der Waals surface area contributed by atoms with Gasteiger partial charge in [0.05, 0.1) is 11.9 Å². The Kier molecular flexibility index (Phi) is 7.69. The van der Waals surface area contributed by atoms with Crippen LogP contribution in [0.5, 0.6) is 0 Å². The zero-order valence-corrected chi connectivity index (χ0v) is 15.9. The fourth-order valence-electron chi connectivity index (χ4n) is 2.42. The summed E-state index contributed by atoms with van der Waals surface area (Å²) >= 11 is 0. The predicted molar refractivity (Wildman–Crippen MR) is 96.8 cm³/mol. The largest absolute Gasteiger partial charge is 0.382 e. The van der Waals surface area contributed by atoms with E-state index in [1.807, 2.05) is 32.9 Å². The second-order valence-electron chi connectivity index (χ2n) is 5.87. The molecular weight excluding hydrogens is 328 g/mol. The smallest absolute Gasteiger partial charge is 0.243 e. The maximum absolute atomic E-state index is 12.4. The molecule has 0 saturated carbocycles. The van der Waals surface area contributed by atoms with Crippen molar-refractivity contribution in [3.8, 4) is 0 Å². The van der Waals surface area contributed by atoms with Crippen molar-refractivity contribution in [1.29, 1.82) is 0 Å². The molecule has 24 heavy (non-hydrogen) atoms. The first kappa shape index (κ1) is 20.4. The summed E-state index contributed by atoms with van der Waals surface area (Å²) < 4.78 is 31.0. The van der Waals surface area contributed by atoms with Crippen LogP contribution in [-0.4, -0.2) is 46.4 Å². The quantitative estimate of drug-likeness (QED) is 0.687. The van der Waals surface area contributed by atoms with Crippen molar-refractivity contribution < 1.29 is 17.9 Å². The first-order chi connectivity index (χ1) is 11.2. The third-order valence-corrected chi connectivity index (χ3v) is 4.89. The van der Waals surface area contributed by atoms with Crippen LogP contribution in [0.25, 0.3) is 0 Å². The molecule has 0 radical (unpaired) electrons. The van der Waals surface area contributed by atoms with Crippen molar-refractivity contribution in [3.05, 3.63) is 29.3 Å². The van der Waals surface area contributed by atoms with Gasteiger partial charge >= 0.3 is 0 Å². The Labute approximate surface area is 145 Å². The molecule has 0 bridgehead atoms. The number of benzene rings is 1. The summed E-state index contributed by atoms with van der Waals surface area (Å²) in [5, 5.41) is 2.77. The van der Waals surface area contributed by atoms with Gasteiger partial charge in [0, 0.05) is 19.8 Å². The summed E-state index contributed by atoms with van der Waals surface area (Å²) in [6.07, 6.45) is 1.81. The van der Waals surface area contributed by atoms with E-state index in [1.54, 1.807) is 13.0 Å². The van der Waals surface area contributed by atoms with E-state index in [1.165, 1.54) is 4.31 Å². The molecule has 0 aliphatic heterocycles. The lowest BCUT2D eigenvalue weighted by molar-refractivity contribution is -0.121. The second-order valence-corrected chi connectivity index (χ2v) is 7.73. The fraction of sp³-hybridized carbons (Fsp3) is 0.588. The number of anilines is 1. The number of aryl methyl sites for hydroxylation is 2. The number of carbonyl (C=O) groups is 1. The highest BCUT2D eigenvalue weighted by atomic mass is 32.2. The average Bonchev–Trinajstić information content (AvgIpc) is 2.49. The topological polar surface area (TPSA) is 75.7 Å². The normalized spacial score (nSPS) is 12.7. The molecule has 1 amide bonds. The molecule has 1 aromatic carbocycles. The van der Waals surface area contributed by atoms with Gasteiger partial charge in [-0.25, -0.2) is 8.42 Å². The Balaban J connectivity index is 2.93. The third kappa shape index (κ3) is 5.79. The van der Waals surface area contributed by atoms with Gasteiger partial charge in [0.2, 0.25) is 15.9 Å². The van der Waals surface area contributed by atoms with E-state index in [9.17, 15) is 13.2 Å². The predicted octanol–water partition coefficient (Wildman–Crippen LogP) is 2.00. The van der Waals surface area contributed by atoms with Crippen LogP contribution in [0.2, 0.25) is 0 Å². The zero-order chi connectivity index (χ0) is 18.3. The van der Waals surface area contributed by atoms with E-state index in [0.29, 0.717) is 31.9 Å². The standard InChI is InChI=1S/C17H28N2O4S/c1-6-23-11-7-10-18-17(20)15(4)19(24(5,21)22)16-12-13(2)8-9-14(16)3/h8-9,12,15H,6-7,10-11H2,1-5H3,(H,18,20)/t15-/m0/s1. The Morgan fingerprint density at radius 1 is 1.33 bits per heavy atom. The Bertz CT molecular complexity index is 659. The summed E-state index contributed by atoms with van der Waals surface area (Å²) in [6.45, 7) is 8.89. The maximum atomic E-state index is 12.4. The third-order valence-electron chi connectivity index (χ3n) is 3.66. The monoisotopic (exact) mass is 356 g/mol.